The van der Waals surface area contributed by atoms with Crippen LogP contribution in [0.2, 0.25) is 5.02 Å². The van der Waals surface area contributed by atoms with Crippen molar-refractivity contribution >= 4 is 34.3 Å². The fourth-order valence-electron chi connectivity index (χ4n) is 3.38. The molecule has 1 aliphatic rings. The standard InChI is InChI=1S/C18H21ClN6S/c1-11(2)25-16(12-5-7-20-8-6-12)23-24-18(25)26-17-14-4-3-13(19)9-15(14)21-10-22-17/h3-4,9-12,20H,5-8H2,1-2H3. The molecule has 0 aliphatic carbocycles. The van der Waals surface area contributed by atoms with Gasteiger partial charge in [0.1, 0.15) is 17.2 Å². The van der Waals surface area contributed by atoms with E-state index in [0.717, 1.165) is 52.8 Å². The summed E-state index contributed by atoms with van der Waals surface area (Å²) in [5.74, 6) is 1.55. The molecule has 1 aliphatic heterocycles. The van der Waals surface area contributed by atoms with Gasteiger partial charge in [0.15, 0.2) is 5.16 Å². The molecule has 4 rings (SSSR count). The van der Waals surface area contributed by atoms with Gasteiger partial charge in [-0.25, -0.2) is 9.97 Å². The molecule has 0 unspecified atom stereocenters. The Morgan fingerprint density at radius 3 is 2.77 bits per heavy atom. The average molecular weight is 389 g/mol. The van der Waals surface area contributed by atoms with E-state index in [4.69, 9.17) is 11.6 Å². The molecule has 8 heteroatoms. The van der Waals surface area contributed by atoms with Gasteiger partial charge in [-0.15, -0.1) is 10.2 Å². The van der Waals surface area contributed by atoms with Crippen LogP contribution in [0.25, 0.3) is 10.9 Å². The maximum absolute atomic E-state index is 6.09. The number of nitrogens with zero attached hydrogens (tertiary/aromatic N) is 5. The van der Waals surface area contributed by atoms with Crippen molar-refractivity contribution in [2.24, 2.45) is 0 Å². The zero-order valence-corrected chi connectivity index (χ0v) is 16.4. The zero-order valence-electron chi connectivity index (χ0n) is 14.8. The van der Waals surface area contributed by atoms with Gasteiger partial charge in [0.25, 0.3) is 0 Å². The molecule has 0 amide bonds. The Kier molecular flexibility index (Phi) is 5.11. The molecule has 1 aromatic carbocycles. The summed E-state index contributed by atoms with van der Waals surface area (Å²) in [6.07, 6.45) is 3.78. The first-order chi connectivity index (χ1) is 12.6. The van der Waals surface area contributed by atoms with Gasteiger partial charge in [-0.3, -0.25) is 0 Å². The Morgan fingerprint density at radius 1 is 1.19 bits per heavy atom. The number of halogens is 1. The molecular weight excluding hydrogens is 368 g/mol. The topological polar surface area (TPSA) is 68.5 Å². The van der Waals surface area contributed by atoms with Crippen LogP contribution in [0.5, 0.6) is 0 Å². The minimum absolute atomic E-state index is 0.292. The number of hydrogen-bond donors (Lipinski definition) is 1. The van der Waals surface area contributed by atoms with Gasteiger partial charge >= 0.3 is 0 Å². The van der Waals surface area contributed by atoms with Gasteiger partial charge in [-0.05, 0) is 69.7 Å². The molecule has 0 spiro atoms. The largest absolute Gasteiger partial charge is 0.317 e. The maximum Gasteiger partial charge on any atom is 0.197 e. The predicted octanol–water partition coefficient (Wildman–Crippen LogP) is 4.07. The Hall–Kier alpha value is -1.70. The van der Waals surface area contributed by atoms with E-state index in [1.807, 2.05) is 18.2 Å². The van der Waals surface area contributed by atoms with Crippen molar-refractivity contribution in [3.8, 4) is 0 Å². The first kappa shape index (κ1) is 17.7. The number of hydrogen-bond acceptors (Lipinski definition) is 6. The molecule has 3 heterocycles. The summed E-state index contributed by atoms with van der Waals surface area (Å²) in [7, 11) is 0. The van der Waals surface area contributed by atoms with E-state index in [1.165, 1.54) is 0 Å². The molecule has 0 radical (unpaired) electrons. The van der Waals surface area contributed by atoms with Crippen molar-refractivity contribution in [1.29, 1.82) is 0 Å². The number of aromatic nitrogens is 5. The summed E-state index contributed by atoms with van der Waals surface area (Å²) in [5, 5.41) is 15.9. The van der Waals surface area contributed by atoms with Crippen molar-refractivity contribution in [2.45, 2.75) is 48.8 Å². The zero-order chi connectivity index (χ0) is 18.1. The predicted molar refractivity (Wildman–Crippen MR) is 104 cm³/mol. The first-order valence-electron chi connectivity index (χ1n) is 8.87. The van der Waals surface area contributed by atoms with Crippen molar-refractivity contribution in [3.63, 3.8) is 0 Å². The maximum atomic E-state index is 6.09. The molecule has 1 N–H and O–H groups in total. The lowest BCUT2D eigenvalue weighted by molar-refractivity contribution is 0.412. The lowest BCUT2D eigenvalue weighted by Gasteiger charge is -2.24. The number of rotatable bonds is 4. The van der Waals surface area contributed by atoms with Crippen molar-refractivity contribution in [3.05, 3.63) is 35.4 Å². The summed E-state index contributed by atoms with van der Waals surface area (Å²) in [5.41, 5.74) is 0.837. The van der Waals surface area contributed by atoms with E-state index in [0.29, 0.717) is 17.0 Å². The number of benzene rings is 1. The van der Waals surface area contributed by atoms with Gasteiger partial charge in [0.05, 0.1) is 5.52 Å². The van der Waals surface area contributed by atoms with Crippen LogP contribution in [-0.4, -0.2) is 37.8 Å². The third-order valence-electron chi connectivity index (χ3n) is 4.66. The SMILES string of the molecule is CC(C)n1c(Sc2ncnc3cc(Cl)ccc23)nnc1C1CCNCC1. The molecule has 136 valence electrons. The van der Waals surface area contributed by atoms with Crippen molar-refractivity contribution in [1.82, 2.24) is 30.0 Å². The second kappa shape index (κ2) is 7.50. The molecule has 0 saturated carbocycles. The fraction of sp³-hybridized carbons (Fsp3) is 0.444. The third-order valence-corrected chi connectivity index (χ3v) is 5.88. The monoisotopic (exact) mass is 388 g/mol. The normalized spacial score (nSPS) is 15.8. The summed E-state index contributed by atoms with van der Waals surface area (Å²) < 4.78 is 2.25. The Labute approximate surface area is 161 Å². The van der Waals surface area contributed by atoms with Crippen molar-refractivity contribution in [2.75, 3.05) is 13.1 Å². The second-order valence-electron chi connectivity index (χ2n) is 6.77. The van der Waals surface area contributed by atoms with Crippen LogP contribution in [0, 0.1) is 0 Å². The molecule has 1 saturated heterocycles. The Morgan fingerprint density at radius 2 is 2.00 bits per heavy atom. The summed E-state index contributed by atoms with van der Waals surface area (Å²) in [6.45, 7) is 6.43. The van der Waals surface area contributed by atoms with Crippen LogP contribution >= 0.6 is 23.4 Å². The lowest BCUT2D eigenvalue weighted by atomic mass is 9.97. The molecule has 0 bridgehead atoms. The van der Waals surface area contributed by atoms with E-state index >= 15 is 0 Å². The number of piperidine rings is 1. The molecule has 0 atom stereocenters. The van der Waals surface area contributed by atoms with Gasteiger partial charge in [-0.2, -0.15) is 0 Å². The molecule has 3 aromatic rings. The van der Waals surface area contributed by atoms with Gasteiger partial charge in [0, 0.05) is 22.4 Å². The van der Waals surface area contributed by atoms with Crippen LogP contribution in [-0.2, 0) is 0 Å². The lowest BCUT2D eigenvalue weighted by Crippen LogP contribution is -2.28. The molecule has 26 heavy (non-hydrogen) atoms. The second-order valence-corrected chi connectivity index (χ2v) is 8.16. The summed E-state index contributed by atoms with van der Waals surface area (Å²) >= 11 is 7.63. The van der Waals surface area contributed by atoms with Crippen LogP contribution in [0.3, 0.4) is 0 Å². The van der Waals surface area contributed by atoms with E-state index in [9.17, 15) is 0 Å². The van der Waals surface area contributed by atoms with Gasteiger partial charge < -0.3 is 9.88 Å². The Bertz CT molecular complexity index is 919. The van der Waals surface area contributed by atoms with E-state index in [-0.39, 0.29) is 0 Å². The minimum atomic E-state index is 0.292. The fourth-order valence-corrected chi connectivity index (χ4v) is 4.58. The van der Waals surface area contributed by atoms with Crippen LogP contribution in [0.1, 0.15) is 44.5 Å². The summed E-state index contributed by atoms with van der Waals surface area (Å²) in [6, 6.07) is 5.98. The van der Waals surface area contributed by atoms with Gasteiger partial charge in [0.2, 0.25) is 0 Å². The van der Waals surface area contributed by atoms with Crippen LogP contribution < -0.4 is 5.32 Å². The highest BCUT2D eigenvalue weighted by Crippen LogP contribution is 2.35. The number of nitrogens with one attached hydrogen (secondary N) is 1. The third kappa shape index (κ3) is 3.43. The first-order valence-corrected chi connectivity index (χ1v) is 10.1. The van der Waals surface area contributed by atoms with E-state index in [2.05, 4.69) is 43.9 Å². The molecule has 1 fully saturated rings. The molecule has 6 nitrogen and oxygen atoms in total. The highest BCUT2D eigenvalue weighted by Gasteiger charge is 2.25. The summed E-state index contributed by atoms with van der Waals surface area (Å²) in [4.78, 5) is 8.79. The smallest absolute Gasteiger partial charge is 0.197 e. The highest BCUT2D eigenvalue weighted by molar-refractivity contribution is 7.99. The minimum Gasteiger partial charge on any atom is -0.317 e. The van der Waals surface area contributed by atoms with Gasteiger partial charge in [-0.1, -0.05) is 11.6 Å². The van der Waals surface area contributed by atoms with Crippen LogP contribution in [0.4, 0.5) is 0 Å². The number of fused-ring (bicyclic) bond motifs is 1. The highest BCUT2D eigenvalue weighted by atomic mass is 35.5. The van der Waals surface area contributed by atoms with E-state index < -0.39 is 0 Å². The average Bonchev–Trinajstić information content (AvgIpc) is 3.06. The van der Waals surface area contributed by atoms with E-state index in [1.54, 1.807) is 18.1 Å². The van der Waals surface area contributed by atoms with Crippen LogP contribution in [0.15, 0.2) is 34.7 Å². The Balaban J connectivity index is 1.71. The van der Waals surface area contributed by atoms with Crippen molar-refractivity contribution < 1.29 is 0 Å². The quantitative estimate of drug-likeness (QED) is 0.679. The molecular formula is C18H21ClN6S. The molecule has 2 aromatic heterocycles.